The molecule has 0 N–H and O–H groups in total. The lowest BCUT2D eigenvalue weighted by Gasteiger charge is -2.02. The average molecular weight is 154 g/mol. The van der Waals surface area contributed by atoms with Crippen LogP contribution in [0, 0.1) is 0 Å². The largest absolute Gasteiger partial charge is 0.466 e. The van der Waals surface area contributed by atoms with E-state index in [-0.39, 0.29) is 12.2 Å². The third-order valence-electron chi connectivity index (χ3n) is 1.13. The Morgan fingerprint density at radius 1 is 1.55 bits per heavy atom. The summed E-state index contributed by atoms with van der Waals surface area (Å²) in [5.74, 6) is -1.38. The van der Waals surface area contributed by atoms with Crippen LogP contribution in [0.2, 0.25) is 5.82 Å². The molecule has 0 aromatic carbocycles. The van der Waals surface area contributed by atoms with Gasteiger partial charge >= 0.3 is 5.97 Å². The number of carbonyl (C=O) groups is 2. The van der Waals surface area contributed by atoms with Crippen molar-refractivity contribution in [3.63, 3.8) is 0 Å². The molecule has 2 radical (unpaired) electrons. The number of ketones is 1. The SMILES string of the molecule is [B]C(C)C(=O)CC(=O)OCC. The normalized spacial score (nSPS) is 12.2. The summed E-state index contributed by atoms with van der Waals surface area (Å²) in [7, 11) is 5.22. The van der Waals surface area contributed by atoms with E-state index in [1.165, 1.54) is 0 Å². The minimum atomic E-state index is -0.584. The zero-order chi connectivity index (χ0) is 8.85. The first-order valence-electron chi connectivity index (χ1n) is 3.51. The molecule has 0 amide bonds. The van der Waals surface area contributed by atoms with Gasteiger partial charge in [0.05, 0.1) is 14.5 Å². The lowest BCUT2D eigenvalue weighted by molar-refractivity contribution is -0.145. The smallest absolute Gasteiger partial charge is 0.313 e. The van der Waals surface area contributed by atoms with E-state index in [1.54, 1.807) is 13.8 Å². The summed E-state index contributed by atoms with van der Waals surface area (Å²) in [5, 5.41) is 0. The molecule has 60 valence electrons. The third-order valence-corrected chi connectivity index (χ3v) is 1.13. The fraction of sp³-hybridized carbons (Fsp3) is 0.714. The number of hydrogen-bond acceptors (Lipinski definition) is 3. The molecule has 0 heterocycles. The quantitative estimate of drug-likeness (QED) is 0.336. The van der Waals surface area contributed by atoms with E-state index in [0.717, 1.165) is 0 Å². The molecule has 0 rings (SSSR count). The van der Waals surface area contributed by atoms with Crippen LogP contribution in [0.25, 0.3) is 0 Å². The molecule has 0 spiro atoms. The van der Waals surface area contributed by atoms with Gasteiger partial charge in [-0.1, -0.05) is 6.92 Å². The maximum Gasteiger partial charge on any atom is 0.313 e. The first-order chi connectivity index (χ1) is 5.07. The zero-order valence-corrected chi connectivity index (χ0v) is 6.79. The van der Waals surface area contributed by atoms with Gasteiger partial charge in [0.25, 0.3) is 0 Å². The predicted octanol–water partition coefficient (Wildman–Crippen LogP) is 0.486. The second kappa shape index (κ2) is 4.94. The number of Topliss-reactive ketones (excluding diaryl/α,β-unsaturated/α-hetero) is 1. The standard InChI is InChI=1S/C7H11BO3/c1-3-11-7(10)4-6(9)5(2)8/h5H,3-4H2,1-2H3. The van der Waals surface area contributed by atoms with Crippen LogP contribution in [-0.2, 0) is 14.3 Å². The molecule has 1 unspecified atom stereocenters. The van der Waals surface area contributed by atoms with Crippen LogP contribution in [0.4, 0.5) is 0 Å². The zero-order valence-electron chi connectivity index (χ0n) is 6.79. The number of rotatable bonds is 4. The lowest BCUT2D eigenvalue weighted by atomic mass is 9.84. The number of carbonyl (C=O) groups excluding carboxylic acids is 2. The van der Waals surface area contributed by atoms with Crippen molar-refractivity contribution >= 4 is 19.6 Å². The summed E-state index contributed by atoms with van der Waals surface area (Å²) in [6.45, 7) is 3.53. The summed E-state index contributed by atoms with van der Waals surface area (Å²) >= 11 is 0. The highest BCUT2D eigenvalue weighted by Crippen LogP contribution is 2.02. The number of esters is 1. The fourth-order valence-corrected chi connectivity index (χ4v) is 0.515. The van der Waals surface area contributed by atoms with Crippen molar-refractivity contribution in [1.82, 2.24) is 0 Å². The minimum Gasteiger partial charge on any atom is -0.466 e. The van der Waals surface area contributed by atoms with E-state index in [0.29, 0.717) is 6.61 Å². The van der Waals surface area contributed by atoms with Crippen LogP contribution in [0.15, 0.2) is 0 Å². The predicted molar refractivity (Wildman–Crippen MR) is 41.4 cm³/mol. The van der Waals surface area contributed by atoms with Crippen molar-refractivity contribution in [3.05, 3.63) is 0 Å². The van der Waals surface area contributed by atoms with Gasteiger partial charge in [0.15, 0.2) is 0 Å². The van der Waals surface area contributed by atoms with Gasteiger partial charge in [-0.3, -0.25) is 9.59 Å². The van der Waals surface area contributed by atoms with Crippen LogP contribution >= 0.6 is 0 Å². The highest BCUT2D eigenvalue weighted by atomic mass is 16.5. The highest BCUT2D eigenvalue weighted by molar-refractivity contribution is 6.25. The Hall–Kier alpha value is -0.795. The molecular weight excluding hydrogens is 143 g/mol. The van der Waals surface area contributed by atoms with Crippen LogP contribution in [-0.4, -0.2) is 26.2 Å². The van der Waals surface area contributed by atoms with E-state index >= 15 is 0 Å². The van der Waals surface area contributed by atoms with Gasteiger partial charge in [0, 0.05) is 0 Å². The fourth-order valence-electron chi connectivity index (χ4n) is 0.515. The Labute approximate surface area is 67.5 Å². The summed E-state index contributed by atoms with van der Waals surface area (Å²) in [5.41, 5.74) is 0. The molecular formula is C7H11BO3. The monoisotopic (exact) mass is 154 g/mol. The maximum absolute atomic E-state index is 10.8. The molecule has 4 heteroatoms. The van der Waals surface area contributed by atoms with Gasteiger partial charge in [-0.25, -0.2) is 0 Å². The molecule has 0 aliphatic rings. The van der Waals surface area contributed by atoms with Gasteiger partial charge in [-0.2, -0.15) is 0 Å². The highest BCUT2D eigenvalue weighted by Gasteiger charge is 2.12. The van der Waals surface area contributed by atoms with Crippen LogP contribution in [0.5, 0.6) is 0 Å². The molecule has 11 heavy (non-hydrogen) atoms. The van der Waals surface area contributed by atoms with Gasteiger partial charge < -0.3 is 4.74 Å². The Kier molecular flexibility index (Phi) is 4.58. The average Bonchev–Trinajstić information content (AvgIpc) is 1.87. The molecule has 0 aliphatic heterocycles. The van der Waals surface area contributed by atoms with Crippen LogP contribution < -0.4 is 0 Å². The van der Waals surface area contributed by atoms with E-state index < -0.39 is 11.8 Å². The van der Waals surface area contributed by atoms with Crippen molar-refractivity contribution in [3.8, 4) is 0 Å². The molecule has 0 bridgehead atoms. The first-order valence-corrected chi connectivity index (χ1v) is 3.51. The minimum absolute atomic E-state index is 0.217. The van der Waals surface area contributed by atoms with E-state index in [1.807, 2.05) is 0 Å². The second-order valence-electron chi connectivity index (χ2n) is 2.24. The molecule has 3 nitrogen and oxygen atoms in total. The van der Waals surface area contributed by atoms with Crippen molar-refractivity contribution in [2.75, 3.05) is 6.61 Å². The first kappa shape index (κ1) is 10.2. The number of hydrogen-bond donors (Lipinski definition) is 0. The molecule has 0 aromatic rings. The molecule has 0 saturated heterocycles. The Morgan fingerprint density at radius 2 is 2.09 bits per heavy atom. The van der Waals surface area contributed by atoms with Gasteiger partial charge in [0.2, 0.25) is 0 Å². The molecule has 0 aromatic heterocycles. The molecule has 0 fully saturated rings. The number of ether oxygens (including phenoxy) is 1. The van der Waals surface area contributed by atoms with E-state index in [2.05, 4.69) is 4.74 Å². The maximum atomic E-state index is 10.8. The van der Waals surface area contributed by atoms with Crippen molar-refractivity contribution in [2.24, 2.45) is 0 Å². The topological polar surface area (TPSA) is 43.4 Å². The van der Waals surface area contributed by atoms with Crippen LogP contribution in [0.3, 0.4) is 0 Å². The van der Waals surface area contributed by atoms with Gasteiger partial charge in [-0.05, 0) is 12.7 Å². The Bertz CT molecular complexity index is 154. The van der Waals surface area contributed by atoms with E-state index in [9.17, 15) is 9.59 Å². The molecule has 1 atom stereocenters. The molecule has 0 aliphatic carbocycles. The van der Waals surface area contributed by atoms with Crippen molar-refractivity contribution in [2.45, 2.75) is 26.1 Å². The third kappa shape index (κ3) is 4.59. The second-order valence-corrected chi connectivity index (χ2v) is 2.24. The summed E-state index contributed by atoms with van der Waals surface area (Å²) in [6.07, 6.45) is -0.217. The Morgan fingerprint density at radius 3 is 2.45 bits per heavy atom. The summed E-state index contributed by atoms with van der Waals surface area (Å²) in [6, 6.07) is 0. The van der Waals surface area contributed by atoms with Crippen LogP contribution in [0.1, 0.15) is 20.3 Å². The lowest BCUT2D eigenvalue weighted by Crippen LogP contribution is -2.14. The van der Waals surface area contributed by atoms with Crippen molar-refractivity contribution < 1.29 is 14.3 Å². The molecule has 0 saturated carbocycles. The van der Waals surface area contributed by atoms with Gasteiger partial charge in [-0.15, -0.1) is 0 Å². The van der Waals surface area contributed by atoms with E-state index in [4.69, 9.17) is 7.85 Å². The summed E-state index contributed by atoms with van der Waals surface area (Å²) in [4.78, 5) is 21.5. The Balaban J connectivity index is 3.67. The van der Waals surface area contributed by atoms with Gasteiger partial charge in [0.1, 0.15) is 12.2 Å². The van der Waals surface area contributed by atoms with Crippen molar-refractivity contribution in [1.29, 1.82) is 0 Å². The summed E-state index contributed by atoms with van der Waals surface area (Å²) < 4.78 is 4.55.